The number of anilines is 2. The van der Waals surface area contributed by atoms with Crippen LogP contribution in [0, 0.1) is 6.92 Å². The average molecular weight is 304 g/mol. The number of nitrogens with zero attached hydrogens (tertiary/aromatic N) is 1. The standard InChI is InChI=1S/C15H14ClN3O2/c1-9-6-13(14(16)17-8-9)19-15(21)18-12-5-3-4-11(7-12)10(2)20/h3-8H,1-2H3,(H2,18,19,21). The maximum Gasteiger partial charge on any atom is 0.323 e. The lowest BCUT2D eigenvalue weighted by molar-refractivity contribution is 0.101. The Morgan fingerprint density at radius 3 is 2.67 bits per heavy atom. The van der Waals surface area contributed by atoms with Crippen LogP contribution in [0.4, 0.5) is 16.2 Å². The molecule has 2 N–H and O–H groups in total. The van der Waals surface area contributed by atoms with Gasteiger partial charge in [-0.15, -0.1) is 0 Å². The Labute approximate surface area is 127 Å². The molecule has 5 nitrogen and oxygen atoms in total. The highest BCUT2D eigenvalue weighted by Crippen LogP contribution is 2.20. The zero-order chi connectivity index (χ0) is 15.4. The van der Waals surface area contributed by atoms with E-state index in [2.05, 4.69) is 15.6 Å². The van der Waals surface area contributed by atoms with Crippen molar-refractivity contribution >= 4 is 34.8 Å². The van der Waals surface area contributed by atoms with E-state index in [1.54, 1.807) is 36.5 Å². The van der Waals surface area contributed by atoms with Gasteiger partial charge in [-0.1, -0.05) is 23.7 Å². The number of carbonyl (C=O) groups excluding carboxylic acids is 2. The summed E-state index contributed by atoms with van der Waals surface area (Å²) in [5.41, 5.74) is 2.37. The van der Waals surface area contributed by atoms with Crippen molar-refractivity contribution in [2.75, 3.05) is 10.6 Å². The topological polar surface area (TPSA) is 71.1 Å². The highest BCUT2D eigenvalue weighted by atomic mass is 35.5. The summed E-state index contributed by atoms with van der Waals surface area (Å²) in [7, 11) is 0. The molecule has 1 aromatic carbocycles. The van der Waals surface area contributed by atoms with Crippen LogP contribution in [0.15, 0.2) is 36.5 Å². The maximum absolute atomic E-state index is 11.9. The van der Waals surface area contributed by atoms with Crippen molar-refractivity contribution in [1.82, 2.24) is 4.98 Å². The number of urea groups is 1. The Kier molecular flexibility index (Phi) is 4.55. The first-order valence-electron chi connectivity index (χ1n) is 6.27. The number of halogens is 1. The molecule has 1 aromatic heterocycles. The molecule has 0 saturated heterocycles. The van der Waals surface area contributed by atoms with Crippen molar-refractivity contribution < 1.29 is 9.59 Å². The second kappa shape index (κ2) is 6.37. The van der Waals surface area contributed by atoms with Gasteiger partial charge in [0.2, 0.25) is 0 Å². The molecular formula is C15H14ClN3O2. The lowest BCUT2D eigenvalue weighted by Crippen LogP contribution is -2.20. The predicted octanol–water partition coefficient (Wildman–Crippen LogP) is 3.89. The first kappa shape index (κ1) is 15.0. The molecular weight excluding hydrogens is 290 g/mol. The van der Waals surface area contributed by atoms with Crippen LogP contribution in [-0.4, -0.2) is 16.8 Å². The third-order valence-corrected chi connectivity index (χ3v) is 3.05. The molecule has 2 amide bonds. The van der Waals surface area contributed by atoms with E-state index in [9.17, 15) is 9.59 Å². The molecule has 2 rings (SSSR count). The number of benzene rings is 1. The van der Waals surface area contributed by atoms with Crippen molar-refractivity contribution in [3.63, 3.8) is 0 Å². The molecule has 21 heavy (non-hydrogen) atoms. The molecule has 0 saturated carbocycles. The summed E-state index contributed by atoms with van der Waals surface area (Å²) < 4.78 is 0. The molecule has 0 fully saturated rings. The van der Waals surface area contributed by atoms with Gasteiger partial charge in [0.25, 0.3) is 0 Å². The van der Waals surface area contributed by atoms with Gasteiger partial charge in [0, 0.05) is 17.4 Å². The second-order valence-corrected chi connectivity index (χ2v) is 4.93. The quantitative estimate of drug-likeness (QED) is 0.667. The predicted molar refractivity (Wildman–Crippen MR) is 83.1 cm³/mol. The SMILES string of the molecule is CC(=O)c1cccc(NC(=O)Nc2cc(C)cnc2Cl)c1. The van der Waals surface area contributed by atoms with E-state index in [0.29, 0.717) is 16.9 Å². The Balaban J connectivity index is 2.10. The highest BCUT2D eigenvalue weighted by Gasteiger charge is 2.08. The minimum atomic E-state index is -0.454. The summed E-state index contributed by atoms with van der Waals surface area (Å²) in [6.45, 7) is 3.32. The van der Waals surface area contributed by atoms with Gasteiger partial charge in [0.1, 0.15) is 0 Å². The first-order valence-corrected chi connectivity index (χ1v) is 6.64. The number of aryl methyl sites for hydroxylation is 1. The fourth-order valence-electron chi connectivity index (χ4n) is 1.74. The van der Waals surface area contributed by atoms with E-state index >= 15 is 0 Å². The van der Waals surface area contributed by atoms with E-state index < -0.39 is 6.03 Å². The zero-order valence-corrected chi connectivity index (χ0v) is 12.4. The summed E-state index contributed by atoms with van der Waals surface area (Å²) in [4.78, 5) is 27.2. The summed E-state index contributed by atoms with van der Waals surface area (Å²) in [6.07, 6.45) is 1.61. The largest absolute Gasteiger partial charge is 0.323 e. The van der Waals surface area contributed by atoms with E-state index in [-0.39, 0.29) is 10.9 Å². The van der Waals surface area contributed by atoms with Gasteiger partial charge in [-0.05, 0) is 37.6 Å². The fourth-order valence-corrected chi connectivity index (χ4v) is 1.89. The third-order valence-electron chi connectivity index (χ3n) is 2.75. The number of carbonyl (C=O) groups is 2. The van der Waals surface area contributed by atoms with Crippen molar-refractivity contribution in [1.29, 1.82) is 0 Å². The number of pyridine rings is 1. The molecule has 0 bridgehead atoms. The van der Waals surface area contributed by atoms with Gasteiger partial charge in [-0.2, -0.15) is 0 Å². The lowest BCUT2D eigenvalue weighted by Gasteiger charge is -2.09. The maximum atomic E-state index is 11.9. The molecule has 0 spiro atoms. The molecule has 0 radical (unpaired) electrons. The average Bonchev–Trinajstić information content (AvgIpc) is 2.43. The number of ketones is 1. The Bertz CT molecular complexity index is 701. The van der Waals surface area contributed by atoms with Crippen LogP contribution in [0.1, 0.15) is 22.8 Å². The van der Waals surface area contributed by atoms with Gasteiger partial charge in [-0.25, -0.2) is 9.78 Å². The van der Waals surface area contributed by atoms with E-state index in [1.807, 2.05) is 6.92 Å². The molecule has 0 aliphatic rings. The van der Waals surface area contributed by atoms with E-state index in [4.69, 9.17) is 11.6 Å². The lowest BCUT2D eigenvalue weighted by atomic mass is 10.1. The number of rotatable bonds is 3. The van der Waals surface area contributed by atoms with Crippen LogP contribution < -0.4 is 10.6 Å². The first-order chi connectivity index (χ1) is 9.95. The van der Waals surface area contributed by atoms with Crippen LogP contribution in [0.3, 0.4) is 0 Å². The summed E-state index contributed by atoms with van der Waals surface area (Å²) >= 11 is 5.91. The molecule has 0 aliphatic carbocycles. The van der Waals surface area contributed by atoms with Crippen LogP contribution in [0.25, 0.3) is 0 Å². The third kappa shape index (κ3) is 4.03. The zero-order valence-electron chi connectivity index (χ0n) is 11.6. The highest BCUT2D eigenvalue weighted by molar-refractivity contribution is 6.32. The van der Waals surface area contributed by atoms with Crippen LogP contribution >= 0.6 is 11.6 Å². The molecule has 0 unspecified atom stereocenters. The van der Waals surface area contributed by atoms with Gasteiger partial charge in [0.05, 0.1) is 5.69 Å². The van der Waals surface area contributed by atoms with Crippen molar-refractivity contribution in [3.05, 3.63) is 52.8 Å². The van der Waals surface area contributed by atoms with E-state index in [1.165, 1.54) is 6.92 Å². The monoisotopic (exact) mass is 303 g/mol. The van der Waals surface area contributed by atoms with Gasteiger partial charge < -0.3 is 10.6 Å². The minimum absolute atomic E-state index is 0.0648. The van der Waals surface area contributed by atoms with Gasteiger partial charge in [-0.3, -0.25) is 4.79 Å². The van der Waals surface area contributed by atoms with Crippen LogP contribution in [0.2, 0.25) is 5.15 Å². The molecule has 6 heteroatoms. The number of amides is 2. The summed E-state index contributed by atoms with van der Waals surface area (Å²) in [5.74, 6) is -0.0648. The fraction of sp³-hybridized carbons (Fsp3) is 0.133. The molecule has 0 aliphatic heterocycles. The van der Waals surface area contributed by atoms with Crippen molar-refractivity contribution in [2.45, 2.75) is 13.8 Å². The Morgan fingerprint density at radius 2 is 1.95 bits per heavy atom. The summed E-state index contributed by atoms with van der Waals surface area (Å²) in [6, 6.07) is 7.96. The van der Waals surface area contributed by atoms with Crippen LogP contribution in [-0.2, 0) is 0 Å². The number of aromatic nitrogens is 1. The van der Waals surface area contributed by atoms with Crippen molar-refractivity contribution in [3.8, 4) is 0 Å². The molecule has 1 heterocycles. The normalized spacial score (nSPS) is 10.0. The number of hydrogen-bond donors (Lipinski definition) is 2. The van der Waals surface area contributed by atoms with E-state index in [0.717, 1.165) is 5.56 Å². The Hall–Kier alpha value is -2.40. The Morgan fingerprint density at radius 1 is 1.19 bits per heavy atom. The van der Waals surface area contributed by atoms with Gasteiger partial charge in [0.15, 0.2) is 10.9 Å². The van der Waals surface area contributed by atoms with Gasteiger partial charge >= 0.3 is 6.03 Å². The second-order valence-electron chi connectivity index (χ2n) is 4.57. The number of hydrogen-bond acceptors (Lipinski definition) is 3. The number of nitrogens with one attached hydrogen (secondary N) is 2. The smallest absolute Gasteiger partial charge is 0.308 e. The summed E-state index contributed by atoms with van der Waals surface area (Å²) in [5, 5.41) is 5.48. The molecule has 2 aromatic rings. The van der Waals surface area contributed by atoms with Crippen LogP contribution in [0.5, 0.6) is 0 Å². The number of Topliss-reactive ketones (excluding diaryl/α,β-unsaturated/α-hetero) is 1. The van der Waals surface area contributed by atoms with Crippen molar-refractivity contribution in [2.24, 2.45) is 0 Å². The molecule has 108 valence electrons. The minimum Gasteiger partial charge on any atom is -0.308 e. The molecule has 0 atom stereocenters.